The molecular weight excluding hydrogens is 528 g/mol. The summed E-state index contributed by atoms with van der Waals surface area (Å²) in [4.78, 5) is 54.9. The first kappa shape index (κ1) is 25.7. The predicted molar refractivity (Wildman–Crippen MR) is 137 cm³/mol. The van der Waals surface area contributed by atoms with Crippen LogP contribution in [0.3, 0.4) is 0 Å². The summed E-state index contributed by atoms with van der Waals surface area (Å²) in [5.41, 5.74) is 0.0280. The molecule has 1 aliphatic rings. The smallest absolute Gasteiger partial charge is 0.336 e. The minimum Gasteiger partial charge on any atom is -0.497 e. The van der Waals surface area contributed by atoms with Crippen LogP contribution in [-0.4, -0.2) is 53.6 Å². The number of nitrogens with zero attached hydrogens (tertiary/aromatic N) is 1. The van der Waals surface area contributed by atoms with E-state index in [-0.39, 0.29) is 33.6 Å². The number of anilines is 1. The van der Waals surface area contributed by atoms with Crippen LogP contribution < -0.4 is 10.1 Å². The van der Waals surface area contributed by atoms with Crippen LogP contribution in [0.15, 0.2) is 71.6 Å². The standard InChI is InChI=1S/C27H18N2O9S/c1-38-14-6-8-16-18(11-14)25(31)22(24(16)30)20-10-5-13-3-2-4-21(23(13)28-20)29-26(32)17-9-7-15(39(35,36)37)12-19(17)27(33)34/h2-12,22H,1H3,(H,29,32)(H,33,34)(H,35,36,37). The zero-order valence-corrected chi connectivity index (χ0v) is 20.9. The second kappa shape index (κ2) is 9.42. The lowest BCUT2D eigenvalue weighted by atomic mass is 9.98. The summed E-state index contributed by atoms with van der Waals surface area (Å²) in [5, 5.41) is 12.6. The van der Waals surface area contributed by atoms with E-state index >= 15 is 0 Å². The molecule has 1 unspecified atom stereocenters. The lowest BCUT2D eigenvalue weighted by Gasteiger charge is -2.13. The Kier molecular flexibility index (Phi) is 6.21. The van der Waals surface area contributed by atoms with Crippen LogP contribution in [0.25, 0.3) is 10.9 Å². The SMILES string of the molecule is COc1ccc2c(c1)C(=O)C(c1ccc3cccc(NC(=O)c4ccc(S(=O)(=O)O)cc4C(=O)O)c3n1)C2=O. The monoisotopic (exact) mass is 546 g/mol. The highest BCUT2D eigenvalue weighted by Crippen LogP contribution is 2.36. The van der Waals surface area contributed by atoms with Gasteiger partial charge in [-0.05, 0) is 48.5 Å². The Morgan fingerprint density at radius 1 is 0.923 bits per heavy atom. The van der Waals surface area contributed by atoms with Crippen LogP contribution in [0.1, 0.15) is 53.0 Å². The van der Waals surface area contributed by atoms with Gasteiger partial charge in [-0.15, -0.1) is 0 Å². The maximum Gasteiger partial charge on any atom is 0.336 e. The van der Waals surface area contributed by atoms with Gasteiger partial charge in [0.15, 0.2) is 11.6 Å². The predicted octanol–water partition coefficient (Wildman–Crippen LogP) is 3.60. The first-order valence-electron chi connectivity index (χ1n) is 11.3. The summed E-state index contributed by atoms with van der Waals surface area (Å²) in [5.74, 6) is -4.09. The molecule has 196 valence electrons. The summed E-state index contributed by atoms with van der Waals surface area (Å²) in [6.45, 7) is 0. The number of aromatic carboxylic acids is 1. The summed E-state index contributed by atoms with van der Waals surface area (Å²) in [6, 6.07) is 15.2. The van der Waals surface area contributed by atoms with E-state index in [1.807, 2.05) is 0 Å². The van der Waals surface area contributed by atoms with E-state index < -0.39 is 49.9 Å². The average molecular weight is 547 g/mol. The molecule has 5 rings (SSSR count). The fraction of sp³-hybridized carbons (Fsp3) is 0.0741. The molecule has 0 aliphatic heterocycles. The van der Waals surface area contributed by atoms with Gasteiger partial charge in [0.1, 0.15) is 11.7 Å². The number of ether oxygens (including phenoxy) is 1. The Balaban J connectivity index is 1.53. The van der Waals surface area contributed by atoms with Crippen LogP contribution >= 0.6 is 0 Å². The highest BCUT2D eigenvalue weighted by molar-refractivity contribution is 7.85. The van der Waals surface area contributed by atoms with Crippen molar-refractivity contribution < 1.29 is 42.0 Å². The minimum absolute atomic E-state index is 0.159. The van der Waals surface area contributed by atoms with Crippen molar-refractivity contribution in [3.05, 3.63) is 94.7 Å². The number of methoxy groups -OCH3 is 1. The lowest BCUT2D eigenvalue weighted by molar-refractivity contribution is 0.0691. The number of hydrogen-bond acceptors (Lipinski definition) is 8. The fourth-order valence-electron chi connectivity index (χ4n) is 4.44. The fourth-order valence-corrected chi connectivity index (χ4v) is 4.95. The molecule has 0 bridgehead atoms. The number of para-hydroxylation sites is 1. The third-order valence-corrected chi connectivity index (χ3v) is 7.18. The zero-order valence-electron chi connectivity index (χ0n) is 20.0. The molecule has 1 aliphatic carbocycles. The number of fused-ring (bicyclic) bond motifs is 2. The van der Waals surface area contributed by atoms with Gasteiger partial charge >= 0.3 is 5.97 Å². The maximum absolute atomic E-state index is 13.2. The van der Waals surface area contributed by atoms with Crippen LogP contribution in [0.2, 0.25) is 0 Å². The molecule has 39 heavy (non-hydrogen) atoms. The van der Waals surface area contributed by atoms with Crippen LogP contribution in [0, 0.1) is 0 Å². The van der Waals surface area contributed by atoms with Crippen molar-refractivity contribution in [3.63, 3.8) is 0 Å². The molecule has 0 radical (unpaired) electrons. The third-order valence-electron chi connectivity index (χ3n) is 6.33. The summed E-state index contributed by atoms with van der Waals surface area (Å²) in [7, 11) is -3.25. The van der Waals surface area contributed by atoms with Gasteiger partial charge in [-0.1, -0.05) is 18.2 Å². The highest BCUT2D eigenvalue weighted by atomic mass is 32.2. The second-order valence-corrected chi connectivity index (χ2v) is 10.0. The van der Waals surface area contributed by atoms with Crippen molar-refractivity contribution >= 4 is 50.2 Å². The number of carboxylic acids is 1. The average Bonchev–Trinajstić information content (AvgIpc) is 3.16. The zero-order chi connectivity index (χ0) is 28.1. The molecule has 1 heterocycles. The summed E-state index contributed by atoms with van der Waals surface area (Å²) in [6.07, 6.45) is 0. The highest BCUT2D eigenvalue weighted by Gasteiger charge is 2.41. The van der Waals surface area contributed by atoms with E-state index in [1.165, 1.54) is 25.3 Å². The van der Waals surface area contributed by atoms with Gasteiger partial charge in [-0.25, -0.2) is 9.78 Å². The number of aromatic nitrogens is 1. The number of rotatable bonds is 6. The maximum atomic E-state index is 13.2. The molecule has 3 aromatic carbocycles. The first-order valence-corrected chi connectivity index (χ1v) is 12.8. The van der Waals surface area contributed by atoms with E-state index in [9.17, 15) is 37.3 Å². The lowest BCUT2D eigenvalue weighted by Crippen LogP contribution is -2.18. The molecule has 4 aromatic rings. The molecule has 0 saturated heterocycles. The van der Waals surface area contributed by atoms with E-state index in [0.29, 0.717) is 17.2 Å². The Morgan fingerprint density at radius 3 is 2.36 bits per heavy atom. The number of hydrogen-bond donors (Lipinski definition) is 3. The van der Waals surface area contributed by atoms with Gasteiger partial charge < -0.3 is 15.2 Å². The minimum atomic E-state index is -4.70. The van der Waals surface area contributed by atoms with Crippen LogP contribution in [0.5, 0.6) is 5.75 Å². The number of ketones is 2. The third kappa shape index (κ3) is 4.51. The Labute approximate surface area is 220 Å². The largest absolute Gasteiger partial charge is 0.497 e. The number of pyridine rings is 1. The summed E-state index contributed by atoms with van der Waals surface area (Å²) >= 11 is 0. The van der Waals surface area contributed by atoms with Crippen molar-refractivity contribution in [2.45, 2.75) is 10.8 Å². The molecule has 11 nitrogen and oxygen atoms in total. The van der Waals surface area contributed by atoms with Crippen molar-refractivity contribution in [2.24, 2.45) is 0 Å². The molecule has 0 saturated carbocycles. The summed E-state index contributed by atoms with van der Waals surface area (Å²) < 4.78 is 37.2. The molecule has 1 aromatic heterocycles. The number of amides is 1. The van der Waals surface area contributed by atoms with Gasteiger partial charge in [0.25, 0.3) is 16.0 Å². The van der Waals surface area contributed by atoms with Gasteiger partial charge in [-0.3, -0.25) is 18.9 Å². The normalized spacial score (nSPS) is 14.8. The van der Waals surface area contributed by atoms with Crippen LogP contribution in [-0.2, 0) is 10.1 Å². The number of Topliss-reactive ketones (excluding diaryl/α,β-unsaturated/α-hetero) is 2. The van der Waals surface area contributed by atoms with Crippen molar-refractivity contribution in [1.82, 2.24) is 4.98 Å². The quantitative estimate of drug-likeness (QED) is 0.239. The number of carbonyl (C=O) groups is 4. The molecule has 1 atom stereocenters. The van der Waals surface area contributed by atoms with E-state index in [0.717, 1.165) is 12.1 Å². The first-order chi connectivity index (χ1) is 18.5. The van der Waals surface area contributed by atoms with Gasteiger partial charge in [0, 0.05) is 16.5 Å². The van der Waals surface area contributed by atoms with Gasteiger partial charge in [0.2, 0.25) is 0 Å². The van der Waals surface area contributed by atoms with Crippen molar-refractivity contribution in [2.75, 3.05) is 12.4 Å². The Bertz CT molecular complexity index is 1850. The van der Waals surface area contributed by atoms with Crippen molar-refractivity contribution in [3.8, 4) is 5.75 Å². The Morgan fingerprint density at radius 2 is 1.67 bits per heavy atom. The van der Waals surface area contributed by atoms with E-state index in [4.69, 9.17) is 4.74 Å². The van der Waals surface area contributed by atoms with Gasteiger partial charge in [0.05, 0.1) is 40.0 Å². The molecule has 0 fully saturated rings. The molecule has 0 spiro atoms. The van der Waals surface area contributed by atoms with E-state index in [2.05, 4.69) is 10.3 Å². The number of nitrogens with one attached hydrogen (secondary N) is 1. The second-order valence-electron chi connectivity index (χ2n) is 8.63. The van der Waals surface area contributed by atoms with E-state index in [1.54, 1.807) is 30.3 Å². The number of carbonyl (C=O) groups excluding carboxylic acids is 3. The molecule has 1 amide bonds. The Hall–Kier alpha value is -4.94. The number of carboxylic acid groups (broad SMARTS) is 1. The molecule has 12 heteroatoms. The van der Waals surface area contributed by atoms with Crippen molar-refractivity contribution in [1.29, 1.82) is 0 Å². The van der Waals surface area contributed by atoms with Gasteiger partial charge in [-0.2, -0.15) is 8.42 Å². The molecular formula is C27H18N2O9S. The number of benzene rings is 3. The topological polar surface area (TPSA) is 177 Å². The van der Waals surface area contributed by atoms with Crippen LogP contribution in [0.4, 0.5) is 5.69 Å². The molecule has 3 N–H and O–H groups in total.